The van der Waals surface area contributed by atoms with Crippen LogP contribution in [-0.4, -0.2) is 37.8 Å². The Balaban J connectivity index is 2.11. The van der Waals surface area contributed by atoms with Crippen LogP contribution in [0.3, 0.4) is 0 Å². The third kappa shape index (κ3) is 1.36. The first-order valence-electron chi connectivity index (χ1n) is 4.25. The molecule has 0 aromatic carbocycles. The molecule has 0 radical (unpaired) electrons. The van der Waals surface area contributed by atoms with Crippen molar-refractivity contribution < 1.29 is 0 Å². The summed E-state index contributed by atoms with van der Waals surface area (Å²) < 4.78 is 0. The lowest BCUT2D eigenvalue weighted by atomic mass is 10.1. The molecule has 2 heteroatoms. The van der Waals surface area contributed by atoms with Gasteiger partial charge in [0.1, 0.15) is 0 Å². The van der Waals surface area contributed by atoms with Gasteiger partial charge >= 0.3 is 0 Å². The van der Waals surface area contributed by atoms with Gasteiger partial charge in [0.2, 0.25) is 0 Å². The van der Waals surface area contributed by atoms with E-state index in [9.17, 15) is 0 Å². The quantitative estimate of drug-likeness (QED) is 0.505. The predicted molar refractivity (Wildman–Crippen MR) is 47.1 cm³/mol. The number of hydrogen-bond donors (Lipinski definition) is 0. The smallest absolute Gasteiger partial charge is 0.0606 e. The molecule has 2 aliphatic rings. The van der Waals surface area contributed by atoms with Crippen LogP contribution in [-0.2, 0) is 0 Å². The van der Waals surface area contributed by atoms with Crippen molar-refractivity contribution in [3.8, 4) is 0 Å². The van der Waals surface area contributed by atoms with Gasteiger partial charge in [-0.2, -0.15) is 0 Å². The highest BCUT2D eigenvalue weighted by Gasteiger charge is 2.14. The summed E-state index contributed by atoms with van der Waals surface area (Å²) in [5.74, 6) is 0. The lowest BCUT2D eigenvalue weighted by Crippen LogP contribution is -2.19. The Bertz CT molecular complexity index is 216. The molecule has 0 aromatic rings. The fraction of sp³-hybridized carbons (Fsp3) is 0.667. The second-order valence-corrected chi connectivity index (χ2v) is 3.40. The van der Waals surface area contributed by atoms with Crippen LogP contribution in [0.2, 0.25) is 0 Å². The first-order chi connectivity index (χ1) is 5.36. The highest BCUT2D eigenvalue weighted by molar-refractivity contribution is 5.82. The van der Waals surface area contributed by atoms with Gasteiger partial charge in [0.05, 0.1) is 6.54 Å². The standard InChI is InChI=1S/C9H14N2/c1-11-4-2-8-6-10-7-9(8)3-5-11/h6H,2-5,7H2,1H3. The first kappa shape index (κ1) is 7.04. The van der Waals surface area contributed by atoms with E-state index in [2.05, 4.69) is 23.2 Å². The fourth-order valence-electron chi connectivity index (χ4n) is 1.69. The normalized spacial score (nSPS) is 25.5. The van der Waals surface area contributed by atoms with Crippen LogP contribution in [0.5, 0.6) is 0 Å². The second kappa shape index (κ2) is 2.78. The number of aliphatic imine (C=N–C) groups is 1. The van der Waals surface area contributed by atoms with Crippen molar-refractivity contribution in [3.63, 3.8) is 0 Å². The Morgan fingerprint density at radius 2 is 2.18 bits per heavy atom. The van der Waals surface area contributed by atoms with Crippen molar-refractivity contribution in [1.29, 1.82) is 0 Å². The summed E-state index contributed by atoms with van der Waals surface area (Å²) in [6.45, 7) is 3.39. The zero-order valence-electron chi connectivity index (χ0n) is 7.01. The molecule has 0 spiro atoms. The zero-order valence-corrected chi connectivity index (χ0v) is 7.01. The van der Waals surface area contributed by atoms with Gasteiger partial charge in [-0.05, 0) is 31.0 Å². The SMILES string of the molecule is CN1CCC2=C(CC1)CN=C2. The van der Waals surface area contributed by atoms with Crippen LogP contribution in [0.1, 0.15) is 12.8 Å². The molecule has 0 atom stereocenters. The van der Waals surface area contributed by atoms with E-state index < -0.39 is 0 Å². The molecule has 0 N–H and O–H groups in total. The molecule has 2 nitrogen and oxygen atoms in total. The fourth-order valence-corrected chi connectivity index (χ4v) is 1.69. The van der Waals surface area contributed by atoms with Gasteiger partial charge in [-0.3, -0.25) is 4.99 Å². The number of hydrogen-bond acceptors (Lipinski definition) is 2. The van der Waals surface area contributed by atoms with Gasteiger partial charge in [-0.1, -0.05) is 0 Å². The van der Waals surface area contributed by atoms with Crippen LogP contribution in [0.4, 0.5) is 0 Å². The van der Waals surface area contributed by atoms with Gasteiger partial charge in [0.15, 0.2) is 0 Å². The van der Waals surface area contributed by atoms with Crippen molar-refractivity contribution in [3.05, 3.63) is 11.1 Å². The average molecular weight is 150 g/mol. The summed E-state index contributed by atoms with van der Waals surface area (Å²) in [5, 5.41) is 0. The minimum absolute atomic E-state index is 0.975. The predicted octanol–water partition coefficient (Wildman–Crippen LogP) is 1.09. The molecule has 11 heavy (non-hydrogen) atoms. The van der Waals surface area contributed by atoms with Crippen LogP contribution < -0.4 is 0 Å². The number of rotatable bonds is 0. The van der Waals surface area contributed by atoms with Gasteiger partial charge in [-0.15, -0.1) is 0 Å². The molecule has 0 aliphatic carbocycles. The first-order valence-corrected chi connectivity index (χ1v) is 4.25. The third-order valence-corrected chi connectivity index (χ3v) is 2.54. The maximum atomic E-state index is 4.28. The third-order valence-electron chi connectivity index (χ3n) is 2.54. The zero-order chi connectivity index (χ0) is 7.68. The van der Waals surface area contributed by atoms with Crippen LogP contribution in [0.25, 0.3) is 0 Å². The summed E-state index contributed by atoms with van der Waals surface area (Å²) in [5.41, 5.74) is 3.09. The van der Waals surface area contributed by atoms with Crippen molar-refractivity contribution in [2.75, 3.05) is 26.7 Å². The van der Waals surface area contributed by atoms with Crippen LogP contribution >= 0.6 is 0 Å². The van der Waals surface area contributed by atoms with E-state index in [1.165, 1.54) is 31.5 Å². The average Bonchev–Trinajstić information content (AvgIpc) is 2.38. The maximum absolute atomic E-state index is 4.28. The molecule has 0 unspecified atom stereocenters. The van der Waals surface area contributed by atoms with Crippen LogP contribution in [0.15, 0.2) is 16.1 Å². The monoisotopic (exact) mass is 150 g/mol. The highest BCUT2D eigenvalue weighted by atomic mass is 15.1. The van der Waals surface area contributed by atoms with E-state index >= 15 is 0 Å². The summed E-state index contributed by atoms with van der Waals surface area (Å²) in [7, 11) is 2.19. The lowest BCUT2D eigenvalue weighted by molar-refractivity contribution is 0.351. The van der Waals surface area contributed by atoms with E-state index in [-0.39, 0.29) is 0 Å². The van der Waals surface area contributed by atoms with Crippen molar-refractivity contribution in [1.82, 2.24) is 4.90 Å². The Hall–Kier alpha value is -0.630. The largest absolute Gasteiger partial charge is 0.306 e. The topological polar surface area (TPSA) is 15.6 Å². The molecular formula is C9H14N2. The molecule has 2 rings (SSSR count). The molecule has 0 fully saturated rings. The molecule has 0 aromatic heterocycles. The number of nitrogens with zero attached hydrogens (tertiary/aromatic N) is 2. The molecule has 2 heterocycles. The minimum Gasteiger partial charge on any atom is -0.306 e. The Morgan fingerprint density at radius 1 is 1.36 bits per heavy atom. The molecule has 0 bridgehead atoms. The van der Waals surface area contributed by atoms with E-state index in [1.54, 1.807) is 5.57 Å². The molecule has 0 amide bonds. The van der Waals surface area contributed by atoms with E-state index in [4.69, 9.17) is 0 Å². The van der Waals surface area contributed by atoms with Crippen molar-refractivity contribution in [2.24, 2.45) is 4.99 Å². The maximum Gasteiger partial charge on any atom is 0.0606 e. The van der Waals surface area contributed by atoms with Crippen molar-refractivity contribution >= 4 is 6.21 Å². The van der Waals surface area contributed by atoms with Gasteiger partial charge in [0.25, 0.3) is 0 Å². The van der Waals surface area contributed by atoms with E-state index in [0.717, 1.165) is 6.54 Å². The summed E-state index contributed by atoms with van der Waals surface area (Å²) >= 11 is 0. The summed E-state index contributed by atoms with van der Waals surface area (Å²) in [6, 6.07) is 0. The van der Waals surface area contributed by atoms with Gasteiger partial charge in [0, 0.05) is 19.3 Å². The Kier molecular flexibility index (Phi) is 1.78. The van der Waals surface area contributed by atoms with Gasteiger partial charge in [-0.25, -0.2) is 0 Å². The van der Waals surface area contributed by atoms with E-state index in [1.807, 2.05) is 0 Å². The molecular weight excluding hydrogens is 136 g/mol. The molecule has 0 saturated heterocycles. The molecule has 60 valence electrons. The highest BCUT2D eigenvalue weighted by Crippen LogP contribution is 2.20. The lowest BCUT2D eigenvalue weighted by Gasteiger charge is -2.12. The Morgan fingerprint density at radius 3 is 3.09 bits per heavy atom. The van der Waals surface area contributed by atoms with Crippen molar-refractivity contribution in [2.45, 2.75) is 12.8 Å². The van der Waals surface area contributed by atoms with E-state index in [0.29, 0.717) is 0 Å². The molecule has 2 aliphatic heterocycles. The summed E-state index contributed by atoms with van der Waals surface area (Å²) in [6.07, 6.45) is 4.50. The minimum atomic E-state index is 0.975. The van der Waals surface area contributed by atoms with Gasteiger partial charge < -0.3 is 4.90 Å². The Labute approximate surface area is 67.6 Å². The summed E-state index contributed by atoms with van der Waals surface area (Å²) in [4.78, 5) is 6.67. The molecule has 0 saturated carbocycles. The second-order valence-electron chi connectivity index (χ2n) is 3.40. The van der Waals surface area contributed by atoms with Crippen LogP contribution in [0, 0.1) is 0 Å².